The normalized spacial score (nSPS) is 21.8. The zero-order chi connectivity index (χ0) is 20.4. The van der Waals surface area contributed by atoms with Gasteiger partial charge in [0.25, 0.3) is 5.91 Å². The minimum absolute atomic E-state index is 0.0221. The molecule has 0 unspecified atom stereocenters. The third kappa shape index (κ3) is 3.94. The molecule has 1 aromatic carbocycles. The van der Waals surface area contributed by atoms with Crippen LogP contribution in [0, 0.1) is 5.41 Å². The van der Waals surface area contributed by atoms with Crippen LogP contribution >= 0.6 is 0 Å². The number of nitrogens with one attached hydrogen (secondary N) is 2. The highest BCUT2D eigenvalue weighted by atomic mass is 16.5. The lowest BCUT2D eigenvalue weighted by Gasteiger charge is -2.44. The zero-order valence-corrected chi connectivity index (χ0v) is 16.8. The minimum atomic E-state index is -0.491. The van der Waals surface area contributed by atoms with Gasteiger partial charge in [-0.3, -0.25) is 19.8 Å². The van der Waals surface area contributed by atoms with Gasteiger partial charge in [0.05, 0.1) is 12.8 Å². The predicted molar refractivity (Wildman–Crippen MR) is 108 cm³/mol. The average molecular weight is 400 g/mol. The first-order valence-corrected chi connectivity index (χ1v) is 10.3. The van der Waals surface area contributed by atoms with E-state index in [2.05, 4.69) is 10.6 Å². The fourth-order valence-electron chi connectivity index (χ4n) is 4.65. The number of urea groups is 1. The highest BCUT2D eigenvalue weighted by Gasteiger charge is 2.37. The number of likely N-dealkylation sites (tertiary alicyclic amines) is 1. The highest BCUT2D eigenvalue weighted by Crippen LogP contribution is 2.40. The fourth-order valence-corrected chi connectivity index (χ4v) is 4.65. The van der Waals surface area contributed by atoms with E-state index in [0.29, 0.717) is 22.4 Å². The van der Waals surface area contributed by atoms with E-state index in [0.717, 1.165) is 39.0 Å². The molecule has 0 aromatic heterocycles. The van der Waals surface area contributed by atoms with Crippen LogP contribution in [0.3, 0.4) is 0 Å². The van der Waals surface area contributed by atoms with Crippen LogP contribution in [-0.2, 0) is 4.79 Å². The van der Waals surface area contributed by atoms with Crippen molar-refractivity contribution in [2.24, 2.45) is 5.41 Å². The number of methoxy groups -OCH3 is 1. The molecule has 1 aromatic rings. The molecule has 3 aliphatic rings. The number of benzene rings is 1. The van der Waals surface area contributed by atoms with Crippen LogP contribution in [0.15, 0.2) is 18.2 Å². The number of piperidine rings is 2. The molecule has 29 heavy (non-hydrogen) atoms. The number of amides is 4. The van der Waals surface area contributed by atoms with Crippen LogP contribution in [0.1, 0.15) is 42.5 Å². The summed E-state index contributed by atoms with van der Waals surface area (Å²) in [5.41, 5.74) is 1.42. The first-order valence-electron chi connectivity index (χ1n) is 10.3. The molecule has 4 amide bonds. The molecule has 3 saturated heterocycles. The number of anilines is 1. The number of carbonyl (C=O) groups is 3. The molecule has 8 heteroatoms. The molecule has 0 radical (unpaired) electrons. The van der Waals surface area contributed by atoms with E-state index in [9.17, 15) is 14.4 Å². The molecule has 3 aliphatic heterocycles. The number of imide groups is 1. The lowest BCUT2D eigenvalue weighted by atomic mass is 9.71. The van der Waals surface area contributed by atoms with Gasteiger partial charge in [0.15, 0.2) is 0 Å². The smallest absolute Gasteiger partial charge is 0.328 e. The van der Waals surface area contributed by atoms with Crippen molar-refractivity contribution in [2.75, 3.05) is 44.7 Å². The van der Waals surface area contributed by atoms with E-state index >= 15 is 0 Å². The van der Waals surface area contributed by atoms with Crippen LogP contribution in [0.25, 0.3) is 0 Å². The molecule has 4 rings (SSSR count). The molecular weight excluding hydrogens is 372 g/mol. The quantitative estimate of drug-likeness (QED) is 0.807. The lowest BCUT2D eigenvalue weighted by molar-refractivity contribution is -0.120. The van der Waals surface area contributed by atoms with Gasteiger partial charge in [-0.25, -0.2) is 4.79 Å². The fraction of sp³-hybridized carbons (Fsp3) is 0.571. The predicted octanol–water partition coefficient (Wildman–Crippen LogP) is 1.75. The van der Waals surface area contributed by atoms with E-state index in [1.54, 1.807) is 18.2 Å². The summed E-state index contributed by atoms with van der Waals surface area (Å²) in [7, 11) is 1.52. The first-order chi connectivity index (χ1) is 14.0. The Morgan fingerprint density at radius 3 is 2.45 bits per heavy atom. The summed E-state index contributed by atoms with van der Waals surface area (Å²) in [5, 5.41) is 5.74. The van der Waals surface area contributed by atoms with E-state index in [1.807, 2.05) is 4.90 Å². The highest BCUT2D eigenvalue weighted by molar-refractivity contribution is 6.07. The van der Waals surface area contributed by atoms with E-state index in [-0.39, 0.29) is 24.8 Å². The van der Waals surface area contributed by atoms with Gasteiger partial charge < -0.3 is 15.0 Å². The van der Waals surface area contributed by atoms with E-state index < -0.39 is 6.03 Å². The second-order valence-corrected chi connectivity index (χ2v) is 8.18. The van der Waals surface area contributed by atoms with Gasteiger partial charge >= 0.3 is 6.03 Å². The summed E-state index contributed by atoms with van der Waals surface area (Å²) >= 11 is 0. The van der Waals surface area contributed by atoms with Crippen molar-refractivity contribution in [1.29, 1.82) is 0 Å². The molecule has 3 fully saturated rings. The summed E-state index contributed by atoms with van der Waals surface area (Å²) in [4.78, 5) is 40.2. The van der Waals surface area contributed by atoms with Crippen LogP contribution in [0.2, 0.25) is 0 Å². The van der Waals surface area contributed by atoms with Gasteiger partial charge in [0, 0.05) is 31.6 Å². The Morgan fingerprint density at radius 2 is 1.79 bits per heavy atom. The van der Waals surface area contributed by atoms with Gasteiger partial charge in [-0.2, -0.15) is 0 Å². The Labute approximate surface area is 170 Å². The SMILES string of the molecule is COc1ccc(C(=O)N2CCC3(CCNCC3)CC2)cc1N1CCC(=O)NC1=O. The van der Waals surface area contributed by atoms with E-state index in [1.165, 1.54) is 24.9 Å². The Bertz CT molecular complexity index is 809. The number of nitrogens with zero attached hydrogens (tertiary/aromatic N) is 2. The van der Waals surface area contributed by atoms with Crippen LogP contribution < -0.4 is 20.3 Å². The van der Waals surface area contributed by atoms with Crippen molar-refractivity contribution in [3.05, 3.63) is 23.8 Å². The van der Waals surface area contributed by atoms with Crippen molar-refractivity contribution in [3.8, 4) is 5.75 Å². The largest absolute Gasteiger partial charge is 0.495 e. The zero-order valence-electron chi connectivity index (χ0n) is 16.8. The number of rotatable bonds is 3. The number of carbonyl (C=O) groups excluding carboxylic acids is 3. The third-order valence-electron chi connectivity index (χ3n) is 6.55. The Kier molecular flexibility index (Phi) is 5.45. The Balaban J connectivity index is 1.50. The molecule has 8 nitrogen and oxygen atoms in total. The molecule has 156 valence electrons. The molecule has 0 bridgehead atoms. The maximum Gasteiger partial charge on any atom is 0.328 e. The summed E-state index contributed by atoms with van der Waals surface area (Å²) in [5.74, 6) is 0.183. The van der Waals surface area contributed by atoms with Crippen molar-refractivity contribution in [2.45, 2.75) is 32.1 Å². The number of hydrogen-bond acceptors (Lipinski definition) is 5. The molecule has 0 atom stereocenters. The van der Waals surface area contributed by atoms with Crippen LogP contribution in [0.5, 0.6) is 5.75 Å². The second kappa shape index (κ2) is 8.02. The van der Waals surface area contributed by atoms with Gasteiger partial charge in [-0.05, 0) is 62.4 Å². The lowest BCUT2D eigenvalue weighted by Crippen LogP contribution is -2.49. The van der Waals surface area contributed by atoms with Crippen molar-refractivity contribution in [3.63, 3.8) is 0 Å². The number of ether oxygens (including phenoxy) is 1. The number of hydrogen-bond donors (Lipinski definition) is 2. The Hall–Kier alpha value is -2.61. The summed E-state index contributed by atoms with van der Waals surface area (Å²) < 4.78 is 5.39. The minimum Gasteiger partial charge on any atom is -0.495 e. The molecule has 2 N–H and O–H groups in total. The van der Waals surface area contributed by atoms with Crippen molar-refractivity contribution >= 4 is 23.5 Å². The van der Waals surface area contributed by atoms with Gasteiger partial charge in [-0.1, -0.05) is 0 Å². The molecule has 0 saturated carbocycles. The summed E-state index contributed by atoms with van der Waals surface area (Å²) in [6, 6.07) is 4.66. The summed E-state index contributed by atoms with van der Waals surface area (Å²) in [6.07, 6.45) is 4.67. The van der Waals surface area contributed by atoms with Gasteiger partial charge in [0.2, 0.25) is 5.91 Å². The monoisotopic (exact) mass is 400 g/mol. The topological polar surface area (TPSA) is 91.0 Å². The Morgan fingerprint density at radius 1 is 1.07 bits per heavy atom. The standard InChI is InChI=1S/C21H28N4O4/c1-29-17-3-2-15(14-16(17)25-11-4-18(26)23-20(25)28)19(27)24-12-7-21(8-13-24)5-9-22-10-6-21/h2-3,14,22H,4-13H2,1H3,(H,23,26,28). The third-order valence-corrected chi connectivity index (χ3v) is 6.55. The summed E-state index contributed by atoms with van der Waals surface area (Å²) in [6.45, 7) is 3.92. The van der Waals surface area contributed by atoms with Gasteiger partial charge in [-0.15, -0.1) is 0 Å². The molecule has 3 heterocycles. The molecular formula is C21H28N4O4. The van der Waals surface area contributed by atoms with E-state index in [4.69, 9.17) is 4.74 Å². The van der Waals surface area contributed by atoms with Crippen molar-refractivity contribution < 1.29 is 19.1 Å². The first kappa shape index (κ1) is 19.7. The van der Waals surface area contributed by atoms with Crippen LogP contribution in [0.4, 0.5) is 10.5 Å². The maximum absolute atomic E-state index is 13.1. The molecule has 1 spiro atoms. The second-order valence-electron chi connectivity index (χ2n) is 8.18. The van der Waals surface area contributed by atoms with Crippen LogP contribution in [-0.4, -0.2) is 62.6 Å². The van der Waals surface area contributed by atoms with Gasteiger partial charge in [0.1, 0.15) is 5.75 Å². The average Bonchev–Trinajstić information content (AvgIpc) is 2.74. The maximum atomic E-state index is 13.1. The molecule has 0 aliphatic carbocycles. The van der Waals surface area contributed by atoms with Crippen molar-refractivity contribution in [1.82, 2.24) is 15.5 Å².